The van der Waals surface area contributed by atoms with E-state index in [0.717, 1.165) is 11.0 Å². The lowest BCUT2D eigenvalue weighted by Gasteiger charge is -1.94. The summed E-state index contributed by atoms with van der Waals surface area (Å²) < 4.78 is 5.25. The zero-order valence-electron chi connectivity index (χ0n) is 7.69. The van der Waals surface area contributed by atoms with Gasteiger partial charge in [-0.25, -0.2) is 0 Å². The topological polar surface area (TPSA) is 56.2 Å². The Labute approximate surface area is 81.5 Å². The van der Waals surface area contributed by atoms with Crippen molar-refractivity contribution in [3.8, 4) is 0 Å². The molecule has 0 aliphatic heterocycles. The predicted octanol–water partition coefficient (Wildman–Crippen LogP) is 1.96. The zero-order valence-corrected chi connectivity index (χ0v) is 7.69. The van der Waals surface area contributed by atoms with Gasteiger partial charge in [-0.2, -0.15) is 0 Å². The van der Waals surface area contributed by atoms with Gasteiger partial charge < -0.3 is 10.2 Å². The van der Waals surface area contributed by atoms with Gasteiger partial charge in [-0.05, 0) is 12.6 Å². The fourth-order valence-electron chi connectivity index (χ4n) is 1.46. The molecule has 14 heavy (non-hydrogen) atoms. The van der Waals surface area contributed by atoms with Crippen LogP contribution in [-0.2, 0) is 0 Å². The van der Waals surface area contributed by atoms with Crippen molar-refractivity contribution >= 4 is 16.8 Å². The minimum atomic E-state index is 0.0393. The van der Waals surface area contributed by atoms with E-state index in [-0.39, 0.29) is 5.78 Å². The lowest BCUT2D eigenvalue weighted by molar-refractivity contribution is 0.0986. The van der Waals surface area contributed by atoms with Crippen molar-refractivity contribution in [2.24, 2.45) is 5.73 Å². The Hall–Kier alpha value is -1.61. The van der Waals surface area contributed by atoms with Crippen molar-refractivity contribution in [1.29, 1.82) is 0 Å². The van der Waals surface area contributed by atoms with Crippen LogP contribution >= 0.6 is 0 Å². The predicted molar refractivity (Wildman–Crippen MR) is 54.2 cm³/mol. The molecule has 1 aromatic carbocycles. The Bertz CT molecular complexity index is 459. The summed E-state index contributed by atoms with van der Waals surface area (Å²) in [6.07, 6.45) is 1.87. The maximum atomic E-state index is 11.6. The normalized spacial score (nSPS) is 10.6. The van der Waals surface area contributed by atoms with Gasteiger partial charge in [-0.1, -0.05) is 18.2 Å². The first-order valence-electron chi connectivity index (χ1n) is 4.52. The van der Waals surface area contributed by atoms with Crippen LogP contribution in [0.25, 0.3) is 11.0 Å². The Kier molecular flexibility index (Phi) is 2.33. The third-order valence-electron chi connectivity index (χ3n) is 2.15. The maximum absolute atomic E-state index is 11.6. The first-order valence-corrected chi connectivity index (χ1v) is 4.52. The number of hydrogen-bond acceptors (Lipinski definition) is 3. The van der Waals surface area contributed by atoms with E-state index >= 15 is 0 Å². The standard InChI is InChI=1S/C11H11NO2/c12-6-5-10(13)9-7-14-11-4-2-1-3-8(9)11/h1-4,7H,5-6,12H2. The summed E-state index contributed by atoms with van der Waals surface area (Å²) in [6.45, 7) is 0.373. The van der Waals surface area contributed by atoms with Crippen LogP contribution in [0.5, 0.6) is 0 Å². The summed E-state index contributed by atoms with van der Waals surface area (Å²) in [7, 11) is 0. The molecule has 1 heterocycles. The highest BCUT2D eigenvalue weighted by Gasteiger charge is 2.11. The van der Waals surface area contributed by atoms with Crippen LogP contribution in [0.2, 0.25) is 0 Å². The lowest BCUT2D eigenvalue weighted by atomic mass is 10.1. The molecule has 3 heteroatoms. The van der Waals surface area contributed by atoms with Gasteiger partial charge in [0.25, 0.3) is 0 Å². The van der Waals surface area contributed by atoms with E-state index in [4.69, 9.17) is 10.2 Å². The average Bonchev–Trinajstić information content (AvgIpc) is 2.61. The smallest absolute Gasteiger partial charge is 0.167 e. The minimum absolute atomic E-state index is 0.0393. The molecule has 0 unspecified atom stereocenters. The van der Waals surface area contributed by atoms with Crippen LogP contribution < -0.4 is 5.73 Å². The lowest BCUT2D eigenvalue weighted by Crippen LogP contribution is -2.07. The maximum Gasteiger partial charge on any atom is 0.167 e. The first-order chi connectivity index (χ1) is 6.83. The van der Waals surface area contributed by atoms with Gasteiger partial charge in [-0.15, -0.1) is 0 Å². The number of carbonyl (C=O) groups is 1. The van der Waals surface area contributed by atoms with Gasteiger partial charge >= 0.3 is 0 Å². The molecule has 2 N–H and O–H groups in total. The Morgan fingerprint density at radius 2 is 2.14 bits per heavy atom. The minimum Gasteiger partial charge on any atom is -0.464 e. The summed E-state index contributed by atoms with van der Waals surface area (Å²) in [4.78, 5) is 11.6. The Morgan fingerprint density at radius 3 is 2.93 bits per heavy atom. The van der Waals surface area contributed by atoms with E-state index in [1.165, 1.54) is 6.26 Å². The molecule has 72 valence electrons. The number of para-hydroxylation sites is 1. The van der Waals surface area contributed by atoms with E-state index in [0.29, 0.717) is 18.5 Å². The van der Waals surface area contributed by atoms with E-state index in [1.54, 1.807) is 0 Å². The van der Waals surface area contributed by atoms with E-state index in [9.17, 15) is 4.79 Å². The van der Waals surface area contributed by atoms with Crippen LogP contribution in [0, 0.1) is 0 Å². The molecule has 2 rings (SSSR count). The number of ketones is 1. The first kappa shape index (κ1) is 8.97. The Balaban J connectivity index is 2.47. The summed E-state index contributed by atoms with van der Waals surface area (Å²) in [6, 6.07) is 7.48. The molecule has 0 saturated heterocycles. The molecule has 2 aromatic rings. The van der Waals surface area contributed by atoms with Gasteiger partial charge in [-0.3, -0.25) is 4.79 Å². The largest absolute Gasteiger partial charge is 0.464 e. The quantitative estimate of drug-likeness (QED) is 0.751. The van der Waals surface area contributed by atoms with Crippen molar-refractivity contribution in [1.82, 2.24) is 0 Å². The van der Waals surface area contributed by atoms with E-state index < -0.39 is 0 Å². The molecule has 0 fully saturated rings. The number of furan rings is 1. The molecule has 0 bridgehead atoms. The molecule has 0 spiro atoms. The third kappa shape index (κ3) is 1.42. The van der Waals surface area contributed by atoms with E-state index in [1.807, 2.05) is 24.3 Å². The molecule has 0 aliphatic carbocycles. The molecule has 0 amide bonds. The van der Waals surface area contributed by atoms with Crippen molar-refractivity contribution in [3.63, 3.8) is 0 Å². The molecular formula is C11H11NO2. The molecule has 0 saturated carbocycles. The van der Waals surface area contributed by atoms with Crippen LogP contribution in [-0.4, -0.2) is 12.3 Å². The molecule has 3 nitrogen and oxygen atoms in total. The van der Waals surface area contributed by atoms with Crippen LogP contribution in [0.15, 0.2) is 34.9 Å². The number of nitrogens with two attached hydrogens (primary N) is 1. The fraction of sp³-hybridized carbons (Fsp3) is 0.182. The second-order valence-electron chi connectivity index (χ2n) is 3.11. The van der Waals surface area contributed by atoms with Gasteiger partial charge in [0.1, 0.15) is 11.8 Å². The number of benzene rings is 1. The average molecular weight is 189 g/mol. The number of rotatable bonds is 3. The van der Waals surface area contributed by atoms with Gasteiger partial charge in [0.2, 0.25) is 0 Å². The zero-order chi connectivity index (χ0) is 9.97. The van der Waals surface area contributed by atoms with Crippen LogP contribution in [0.1, 0.15) is 16.8 Å². The number of hydrogen-bond donors (Lipinski definition) is 1. The van der Waals surface area contributed by atoms with Gasteiger partial charge in [0, 0.05) is 11.8 Å². The van der Waals surface area contributed by atoms with E-state index in [2.05, 4.69) is 0 Å². The number of Topliss-reactive ketones (excluding diaryl/α,β-unsaturated/α-hetero) is 1. The highest BCUT2D eigenvalue weighted by molar-refractivity contribution is 6.07. The Morgan fingerprint density at radius 1 is 1.36 bits per heavy atom. The summed E-state index contributed by atoms with van der Waals surface area (Å²) in [5.74, 6) is 0.0393. The summed E-state index contributed by atoms with van der Waals surface area (Å²) in [5.41, 5.74) is 6.70. The second kappa shape index (κ2) is 3.64. The van der Waals surface area contributed by atoms with Gasteiger partial charge in [0.15, 0.2) is 5.78 Å². The van der Waals surface area contributed by atoms with Crippen LogP contribution in [0.4, 0.5) is 0 Å². The van der Waals surface area contributed by atoms with Gasteiger partial charge in [0.05, 0.1) is 5.56 Å². The number of fused-ring (bicyclic) bond motifs is 1. The van der Waals surface area contributed by atoms with Crippen molar-refractivity contribution in [2.75, 3.05) is 6.54 Å². The highest BCUT2D eigenvalue weighted by Crippen LogP contribution is 2.21. The summed E-state index contributed by atoms with van der Waals surface area (Å²) >= 11 is 0. The molecule has 1 aromatic heterocycles. The SMILES string of the molecule is NCCC(=O)c1coc2ccccc12. The van der Waals surface area contributed by atoms with Crippen LogP contribution in [0.3, 0.4) is 0 Å². The fourth-order valence-corrected chi connectivity index (χ4v) is 1.46. The monoisotopic (exact) mass is 189 g/mol. The molecular weight excluding hydrogens is 178 g/mol. The van der Waals surface area contributed by atoms with Crippen molar-refractivity contribution < 1.29 is 9.21 Å². The van der Waals surface area contributed by atoms with Crippen molar-refractivity contribution in [3.05, 3.63) is 36.1 Å². The third-order valence-corrected chi connectivity index (χ3v) is 2.15. The molecule has 0 atom stereocenters. The number of carbonyl (C=O) groups excluding carboxylic acids is 1. The van der Waals surface area contributed by atoms with Crippen molar-refractivity contribution in [2.45, 2.75) is 6.42 Å². The highest BCUT2D eigenvalue weighted by atomic mass is 16.3. The molecule has 0 aliphatic rings. The molecule has 0 radical (unpaired) electrons. The second-order valence-corrected chi connectivity index (χ2v) is 3.11. The summed E-state index contributed by atoms with van der Waals surface area (Å²) in [5, 5.41) is 0.867.